The first-order valence-corrected chi connectivity index (χ1v) is 8.46. The Morgan fingerprint density at radius 3 is 2.13 bits per heavy atom. The molecular weight excluding hydrogens is 308 g/mol. The van der Waals surface area contributed by atoms with E-state index >= 15 is 0 Å². The number of hydrogen-bond acceptors (Lipinski definition) is 3. The fraction of sp³-hybridized carbons (Fsp3) is 0.333. The summed E-state index contributed by atoms with van der Waals surface area (Å²) in [5, 5.41) is 6.56. The number of rotatable bonds is 5. The van der Waals surface area contributed by atoms with Gasteiger partial charge in [-0.3, -0.25) is 9.59 Å². The lowest BCUT2D eigenvalue weighted by molar-refractivity contribution is -0.117. The van der Waals surface area contributed by atoms with Gasteiger partial charge in [0.1, 0.15) is 0 Å². The Balaban J connectivity index is 2.02. The third kappa shape index (κ3) is 4.66. The molecule has 2 aromatic rings. The molecule has 23 heavy (non-hydrogen) atoms. The second kappa shape index (κ2) is 7.42. The Kier molecular flexibility index (Phi) is 5.55. The van der Waals surface area contributed by atoms with Crippen LogP contribution in [0.25, 0.3) is 0 Å². The van der Waals surface area contributed by atoms with Gasteiger partial charge in [0, 0.05) is 17.5 Å². The molecule has 5 heteroatoms. The van der Waals surface area contributed by atoms with Gasteiger partial charge in [-0.25, -0.2) is 0 Å². The molecule has 0 bridgehead atoms. The van der Waals surface area contributed by atoms with E-state index in [4.69, 9.17) is 0 Å². The molecule has 0 spiro atoms. The average Bonchev–Trinajstić information content (AvgIpc) is 2.95. The van der Waals surface area contributed by atoms with Crippen molar-refractivity contribution in [1.29, 1.82) is 0 Å². The maximum Gasteiger partial charge on any atom is 0.232 e. The molecular formula is C18H22N2O2S. The lowest BCUT2D eigenvalue weighted by atomic mass is 10.00. The smallest absolute Gasteiger partial charge is 0.232 e. The van der Waals surface area contributed by atoms with Crippen molar-refractivity contribution in [2.45, 2.75) is 39.5 Å². The molecule has 1 heterocycles. The second-order valence-electron chi connectivity index (χ2n) is 5.87. The summed E-state index contributed by atoms with van der Waals surface area (Å²) in [6.07, 6.45) is 0. The van der Waals surface area contributed by atoms with E-state index in [2.05, 4.69) is 30.5 Å². The molecule has 0 saturated heterocycles. The second-order valence-corrected chi connectivity index (χ2v) is 6.99. The molecule has 2 rings (SSSR count). The standard InChI is InChI=1S/C18H22N2O2S/c1-11(2)16-9-10-17(23-16)20-18(22)12(3)14-5-7-15(8-6-14)19-13(4)21/h5-12H,1-4H3,(H,19,21)(H,20,22). The van der Waals surface area contributed by atoms with Crippen LogP contribution >= 0.6 is 11.3 Å². The van der Waals surface area contributed by atoms with Crippen LogP contribution in [0.3, 0.4) is 0 Å². The highest BCUT2D eigenvalue weighted by Gasteiger charge is 2.16. The molecule has 0 aliphatic carbocycles. The van der Waals surface area contributed by atoms with Gasteiger partial charge in [-0.05, 0) is 42.7 Å². The Labute approximate surface area is 140 Å². The first-order valence-electron chi connectivity index (χ1n) is 7.65. The molecule has 2 amide bonds. The van der Waals surface area contributed by atoms with E-state index in [1.54, 1.807) is 11.3 Å². The zero-order chi connectivity index (χ0) is 17.0. The van der Waals surface area contributed by atoms with Crippen molar-refractivity contribution in [3.8, 4) is 0 Å². The van der Waals surface area contributed by atoms with Gasteiger partial charge in [-0.15, -0.1) is 11.3 Å². The molecule has 1 atom stereocenters. The van der Waals surface area contributed by atoms with Crippen molar-refractivity contribution in [3.63, 3.8) is 0 Å². The minimum Gasteiger partial charge on any atom is -0.326 e. The largest absolute Gasteiger partial charge is 0.326 e. The van der Waals surface area contributed by atoms with Gasteiger partial charge in [-0.1, -0.05) is 26.0 Å². The highest BCUT2D eigenvalue weighted by atomic mass is 32.1. The van der Waals surface area contributed by atoms with Crippen LogP contribution in [0.15, 0.2) is 36.4 Å². The molecule has 122 valence electrons. The number of benzene rings is 1. The van der Waals surface area contributed by atoms with Crippen molar-refractivity contribution in [2.75, 3.05) is 10.6 Å². The summed E-state index contributed by atoms with van der Waals surface area (Å²) in [6.45, 7) is 7.61. The number of hydrogen-bond donors (Lipinski definition) is 2. The monoisotopic (exact) mass is 330 g/mol. The summed E-state index contributed by atoms with van der Waals surface area (Å²) in [7, 11) is 0. The van der Waals surface area contributed by atoms with E-state index in [1.165, 1.54) is 11.8 Å². The number of amides is 2. The van der Waals surface area contributed by atoms with Crippen molar-refractivity contribution >= 4 is 33.8 Å². The number of thiophene rings is 1. The molecule has 0 aliphatic rings. The van der Waals surface area contributed by atoms with Crippen LogP contribution in [0.1, 0.15) is 50.0 Å². The van der Waals surface area contributed by atoms with Crippen LogP contribution in [0.4, 0.5) is 10.7 Å². The van der Waals surface area contributed by atoms with Crippen molar-refractivity contribution < 1.29 is 9.59 Å². The number of carbonyl (C=O) groups is 2. The lowest BCUT2D eigenvalue weighted by Gasteiger charge is -2.12. The summed E-state index contributed by atoms with van der Waals surface area (Å²) < 4.78 is 0. The van der Waals surface area contributed by atoms with E-state index in [0.29, 0.717) is 5.92 Å². The summed E-state index contributed by atoms with van der Waals surface area (Å²) in [5.41, 5.74) is 1.64. The summed E-state index contributed by atoms with van der Waals surface area (Å²) >= 11 is 1.61. The zero-order valence-corrected chi connectivity index (χ0v) is 14.7. The molecule has 4 nitrogen and oxygen atoms in total. The van der Waals surface area contributed by atoms with E-state index in [-0.39, 0.29) is 17.7 Å². The van der Waals surface area contributed by atoms with Crippen molar-refractivity contribution in [2.24, 2.45) is 0 Å². The minimum absolute atomic E-state index is 0.0329. The van der Waals surface area contributed by atoms with Gasteiger partial charge in [0.15, 0.2) is 0 Å². The van der Waals surface area contributed by atoms with Gasteiger partial charge in [0.05, 0.1) is 10.9 Å². The van der Waals surface area contributed by atoms with E-state index < -0.39 is 0 Å². The van der Waals surface area contributed by atoms with Gasteiger partial charge in [0.2, 0.25) is 11.8 Å². The molecule has 0 radical (unpaired) electrons. The normalized spacial score (nSPS) is 12.0. The number of carbonyl (C=O) groups excluding carboxylic acids is 2. The summed E-state index contributed by atoms with van der Waals surface area (Å²) in [6, 6.07) is 11.3. The van der Waals surface area contributed by atoms with Crippen LogP contribution in [0.5, 0.6) is 0 Å². The maximum atomic E-state index is 12.4. The number of nitrogens with one attached hydrogen (secondary N) is 2. The van der Waals surface area contributed by atoms with Crippen LogP contribution < -0.4 is 10.6 Å². The first-order chi connectivity index (χ1) is 10.9. The van der Waals surface area contributed by atoms with Gasteiger partial charge < -0.3 is 10.6 Å². The van der Waals surface area contributed by atoms with Crippen molar-refractivity contribution in [1.82, 2.24) is 0 Å². The predicted molar refractivity (Wildman–Crippen MR) is 96.2 cm³/mol. The molecule has 0 fully saturated rings. The third-order valence-electron chi connectivity index (χ3n) is 3.57. The van der Waals surface area contributed by atoms with Crippen molar-refractivity contribution in [3.05, 3.63) is 46.8 Å². The van der Waals surface area contributed by atoms with Gasteiger partial charge >= 0.3 is 0 Å². The Morgan fingerprint density at radius 2 is 1.61 bits per heavy atom. The molecule has 1 aromatic heterocycles. The Bertz CT molecular complexity index is 689. The summed E-state index contributed by atoms with van der Waals surface area (Å²) in [4.78, 5) is 24.7. The minimum atomic E-state index is -0.258. The van der Waals surface area contributed by atoms with Crippen LogP contribution in [0, 0.1) is 0 Å². The molecule has 1 aromatic carbocycles. The van der Waals surface area contributed by atoms with E-state index in [0.717, 1.165) is 16.3 Å². The quantitative estimate of drug-likeness (QED) is 0.843. The van der Waals surface area contributed by atoms with E-state index in [9.17, 15) is 9.59 Å². The zero-order valence-electron chi connectivity index (χ0n) is 13.8. The lowest BCUT2D eigenvalue weighted by Crippen LogP contribution is -2.18. The first kappa shape index (κ1) is 17.2. The SMILES string of the molecule is CC(=O)Nc1ccc(C(C)C(=O)Nc2ccc(C(C)C)s2)cc1. The Morgan fingerprint density at radius 1 is 0.957 bits per heavy atom. The van der Waals surface area contributed by atoms with Gasteiger partial charge in [-0.2, -0.15) is 0 Å². The van der Waals surface area contributed by atoms with Gasteiger partial charge in [0.25, 0.3) is 0 Å². The van der Waals surface area contributed by atoms with Crippen LogP contribution in [-0.2, 0) is 9.59 Å². The maximum absolute atomic E-state index is 12.4. The fourth-order valence-electron chi connectivity index (χ4n) is 2.17. The fourth-order valence-corrected chi connectivity index (χ4v) is 3.08. The summed E-state index contributed by atoms with van der Waals surface area (Å²) in [5.74, 6) is 0.0620. The molecule has 0 aliphatic heterocycles. The topological polar surface area (TPSA) is 58.2 Å². The van der Waals surface area contributed by atoms with E-state index in [1.807, 2.05) is 37.3 Å². The number of anilines is 2. The average molecular weight is 330 g/mol. The van der Waals surface area contributed by atoms with Crippen LogP contribution in [-0.4, -0.2) is 11.8 Å². The predicted octanol–water partition coefficient (Wildman–Crippen LogP) is 4.57. The Hall–Kier alpha value is -2.14. The molecule has 1 unspecified atom stereocenters. The highest BCUT2D eigenvalue weighted by Crippen LogP contribution is 2.29. The third-order valence-corrected chi connectivity index (χ3v) is 4.87. The molecule has 0 saturated carbocycles. The highest BCUT2D eigenvalue weighted by molar-refractivity contribution is 7.16. The van der Waals surface area contributed by atoms with Crippen LogP contribution in [0.2, 0.25) is 0 Å². The molecule has 2 N–H and O–H groups in total.